The van der Waals surface area contributed by atoms with Gasteiger partial charge in [-0.1, -0.05) is 30.7 Å². The zero-order valence-electron chi connectivity index (χ0n) is 19.3. The van der Waals surface area contributed by atoms with Gasteiger partial charge < -0.3 is 14.9 Å². The summed E-state index contributed by atoms with van der Waals surface area (Å²) in [4.78, 5) is 0. The molecule has 5 heteroatoms. The topological polar surface area (TPSA) is 49.7 Å². The van der Waals surface area contributed by atoms with Gasteiger partial charge >= 0.3 is 5.92 Å². The van der Waals surface area contributed by atoms with Crippen molar-refractivity contribution in [2.24, 2.45) is 17.3 Å². The van der Waals surface area contributed by atoms with Gasteiger partial charge in [0.05, 0.1) is 13.2 Å². The van der Waals surface area contributed by atoms with Crippen molar-refractivity contribution in [1.29, 1.82) is 0 Å². The molecule has 5 rings (SSSR count). The van der Waals surface area contributed by atoms with E-state index in [1.165, 1.54) is 16.7 Å². The van der Waals surface area contributed by atoms with E-state index in [4.69, 9.17) is 11.2 Å². The predicted octanol–water partition coefficient (Wildman–Crippen LogP) is 5.39. The third kappa shape index (κ3) is 3.14. The quantitative estimate of drug-likeness (QED) is 0.603. The van der Waals surface area contributed by atoms with Crippen LogP contribution in [0.3, 0.4) is 0 Å². The molecule has 0 amide bonds. The molecule has 1 aromatic rings. The van der Waals surface area contributed by atoms with Gasteiger partial charge in [-0.05, 0) is 91.5 Å². The lowest BCUT2D eigenvalue weighted by Crippen LogP contribution is -2.60. The van der Waals surface area contributed by atoms with Gasteiger partial charge in [0, 0.05) is 11.3 Å². The maximum atomic E-state index is 15.1. The third-order valence-corrected chi connectivity index (χ3v) is 9.23. The Bertz CT molecular complexity index is 1050. The Labute approximate surface area is 194 Å². The molecule has 3 nitrogen and oxygen atoms in total. The number of fused-ring (bicyclic) bond motifs is 4. The number of methoxy groups -OCH3 is 1. The average molecular weight is 455 g/mol. The summed E-state index contributed by atoms with van der Waals surface area (Å²) >= 11 is 0. The van der Waals surface area contributed by atoms with Crippen LogP contribution in [-0.2, 0) is 0 Å². The summed E-state index contributed by atoms with van der Waals surface area (Å²) in [6, 6.07) is 7.85. The van der Waals surface area contributed by atoms with Crippen molar-refractivity contribution in [3.8, 4) is 18.1 Å². The number of alkyl halides is 2. The van der Waals surface area contributed by atoms with Crippen molar-refractivity contribution in [3.63, 3.8) is 0 Å². The molecule has 0 aromatic heterocycles. The molecule has 176 valence electrons. The second-order valence-electron chi connectivity index (χ2n) is 10.5. The molecule has 2 fully saturated rings. The smallest absolute Gasteiger partial charge is 0.336 e. The maximum Gasteiger partial charge on any atom is 0.336 e. The number of rotatable bonds is 3. The van der Waals surface area contributed by atoms with Crippen molar-refractivity contribution in [3.05, 3.63) is 52.6 Å². The number of allylic oxidation sites excluding steroid dienone is 3. The van der Waals surface area contributed by atoms with E-state index in [2.05, 4.69) is 0 Å². The van der Waals surface area contributed by atoms with Gasteiger partial charge in [-0.25, -0.2) is 0 Å². The van der Waals surface area contributed by atoms with Gasteiger partial charge in [-0.15, -0.1) is 6.42 Å². The fourth-order valence-corrected chi connectivity index (χ4v) is 7.55. The molecule has 4 aliphatic carbocycles. The lowest BCUT2D eigenvalue weighted by atomic mass is 9.50. The first-order valence-electron chi connectivity index (χ1n) is 12.0. The molecule has 0 radical (unpaired) electrons. The van der Waals surface area contributed by atoms with Gasteiger partial charge in [-0.3, -0.25) is 0 Å². The van der Waals surface area contributed by atoms with Crippen molar-refractivity contribution in [2.45, 2.75) is 75.4 Å². The van der Waals surface area contributed by atoms with Gasteiger partial charge in [0.2, 0.25) is 0 Å². The largest absolute Gasteiger partial charge is 0.497 e. The molecule has 0 aliphatic heterocycles. The highest BCUT2D eigenvalue weighted by atomic mass is 19.3. The Hall–Kier alpha value is -2.16. The van der Waals surface area contributed by atoms with Crippen LogP contribution in [0.25, 0.3) is 0 Å². The zero-order valence-corrected chi connectivity index (χ0v) is 19.3. The van der Waals surface area contributed by atoms with Crippen LogP contribution in [0.5, 0.6) is 5.75 Å². The van der Waals surface area contributed by atoms with Gasteiger partial charge in [0.25, 0.3) is 0 Å². The average Bonchev–Trinajstić information content (AvgIpc) is 3.10. The van der Waals surface area contributed by atoms with Crippen LogP contribution in [0, 0.1) is 29.6 Å². The summed E-state index contributed by atoms with van der Waals surface area (Å²) in [6.07, 6.45) is 11.0. The summed E-state index contributed by atoms with van der Waals surface area (Å²) in [5.41, 5.74) is 1.67. The van der Waals surface area contributed by atoms with Gasteiger partial charge in [0.1, 0.15) is 11.4 Å². The Morgan fingerprint density at radius 3 is 2.55 bits per heavy atom. The highest BCUT2D eigenvalue weighted by Gasteiger charge is 2.71. The molecule has 33 heavy (non-hydrogen) atoms. The standard InChI is InChI=1S/C28H32F2O3/c1-4-28(29,30)27(32)14-13-24-22-11-7-18-15-19(31)8-12-21(18)25(22)23(16-26(24,27)2)17-5-9-20(33-3)10-6-17/h1,5-6,9-10,15,19,22-24,31-32H,7-8,11-14,16H2,2-3H3/t19?,22?,23?,24?,26-,27-/m0/s1. The van der Waals surface area contributed by atoms with Crippen LogP contribution in [-0.4, -0.2) is 35.0 Å². The van der Waals surface area contributed by atoms with Crippen LogP contribution in [0.4, 0.5) is 8.78 Å². The minimum atomic E-state index is -3.58. The number of ether oxygens (including phenoxy) is 1. The minimum Gasteiger partial charge on any atom is -0.497 e. The summed E-state index contributed by atoms with van der Waals surface area (Å²) in [7, 11) is 1.62. The lowest BCUT2D eigenvalue weighted by Gasteiger charge is -2.55. The Kier molecular flexibility index (Phi) is 5.27. The van der Waals surface area contributed by atoms with E-state index in [0.29, 0.717) is 19.3 Å². The maximum absolute atomic E-state index is 15.1. The highest BCUT2D eigenvalue weighted by Crippen LogP contribution is 2.69. The molecule has 1 aromatic carbocycles. The number of aliphatic hydroxyl groups is 2. The number of benzene rings is 1. The Balaban J connectivity index is 1.68. The first-order chi connectivity index (χ1) is 15.6. The van der Waals surface area contributed by atoms with E-state index in [0.717, 1.165) is 30.6 Å². The first-order valence-corrected chi connectivity index (χ1v) is 12.0. The van der Waals surface area contributed by atoms with Gasteiger partial charge in [-0.2, -0.15) is 8.78 Å². The Morgan fingerprint density at radius 2 is 1.88 bits per heavy atom. The third-order valence-electron chi connectivity index (χ3n) is 9.23. The number of halogens is 2. The van der Waals surface area contributed by atoms with Crippen molar-refractivity contribution >= 4 is 0 Å². The summed E-state index contributed by atoms with van der Waals surface area (Å²) in [5.74, 6) is -1.23. The van der Waals surface area contributed by atoms with Crippen molar-refractivity contribution in [1.82, 2.24) is 0 Å². The molecule has 0 bridgehead atoms. The monoisotopic (exact) mass is 454 g/mol. The number of hydrogen-bond donors (Lipinski definition) is 2. The number of aliphatic hydroxyl groups excluding tert-OH is 1. The summed E-state index contributed by atoms with van der Waals surface area (Å²) < 4.78 is 35.5. The second kappa shape index (κ2) is 7.68. The summed E-state index contributed by atoms with van der Waals surface area (Å²) in [6.45, 7) is 1.84. The molecule has 2 saturated carbocycles. The summed E-state index contributed by atoms with van der Waals surface area (Å²) in [5, 5.41) is 21.7. The number of terminal acetylenes is 1. The molecule has 0 saturated heterocycles. The minimum absolute atomic E-state index is 0.0151. The normalized spacial score (nSPS) is 38.0. The molecule has 6 atom stereocenters. The predicted molar refractivity (Wildman–Crippen MR) is 123 cm³/mol. The molecule has 4 aliphatic rings. The van der Waals surface area contributed by atoms with Crippen LogP contribution >= 0.6 is 0 Å². The fraction of sp³-hybridized carbons (Fsp3) is 0.571. The molecule has 0 spiro atoms. The van der Waals surface area contributed by atoms with Crippen LogP contribution < -0.4 is 4.74 Å². The van der Waals surface area contributed by atoms with E-state index in [1.54, 1.807) is 13.0 Å². The molecule has 0 heterocycles. The van der Waals surface area contributed by atoms with Crippen LogP contribution in [0.15, 0.2) is 47.1 Å². The van der Waals surface area contributed by atoms with Gasteiger partial charge in [0.15, 0.2) is 0 Å². The van der Waals surface area contributed by atoms with Crippen LogP contribution in [0.2, 0.25) is 0 Å². The lowest BCUT2D eigenvalue weighted by molar-refractivity contribution is -0.209. The van der Waals surface area contributed by atoms with E-state index in [1.807, 2.05) is 37.3 Å². The highest BCUT2D eigenvalue weighted by molar-refractivity contribution is 5.49. The van der Waals surface area contributed by atoms with E-state index in [-0.39, 0.29) is 24.2 Å². The molecular formula is C28H32F2O3. The molecule has 2 N–H and O–H groups in total. The van der Waals surface area contributed by atoms with E-state index < -0.39 is 23.0 Å². The van der Waals surface area contributed by atoms with Crippen LogP contribution in [0.1, 0.15) is 63.4 Å². The SMILES string of the molecule is C#CC(F)(F)[C@]1(O)CCC2C3CCC4=CC(O)CCC4=C3C(c3ccc(OC)cc3)C[C@@]21C. The molecular weight excluding hydrogens is 422 g/mol. The fourth-order valence-electron chi connectivity index (χ4n) is 7.55. The first kappa shape index (κ1) is 22.6. The zero-order chi connectivity index (χ0) is 23.6. The van der Waals surface area contributed by atoms with E-state index in [9.17, 15) is 10.2 Å². The second-order valence-corrected chi connectivity index (χ2v) is 10.5. The molecule has 4 unspecified atom stereocenters. The van der Waals surface area contributed by atoms with Crippen molar-refractivity contribution in [2.75, 3.05) is 7.11 Å². The Morgan fingerprint density at radius 1 is 1.15 bits per heavy atom. The van der Waals surface area contributed by atoms with E-state index >= 15 is 8.78 Å². The van der Waals surface area contributed by atoms with Crippen molar-refractivity contribution < 1.29 is 23.7 Å². The number of hydrogen-bond acceptors (Lipinski definition) is 3.